The summed E-state index contributed by atoms with van der Waals surface area (Å²) in [6.45, 7) is 0. The van der Waals surface area contributed by atoms with E-state index in [0.29, 0.717) is 11.3 Å². The molecule has 0 saturated carbocycles. The first-order valence-electron chi connectivity index (χ1n) is 10.6. The number of fused-ring (bicyclic) bond motifs is 1. The van der Waals surface area contributed by atoms with Crippen LogP contribution in [0.25, 0.3) is 0 Å². The number of carbonyl (C=O) groups is 1. The molecule has 156 valence electrons. The van der Waals surface area contributed by atoms with E-state index in [1.807, 2.05) is 115 Å². The minimum atomic E-state index is -1.09. The Morgan fingerprint density at radius 3 is 1.97 bits per heavy atom. The second-order valence-electron chi connectivity index (χ2n) is 7.82. The third kappa shape index (κ3) is 3.26. The zero-order valence-corrected chi connectivity index (χ0v) is 17.3. The highest BCUT2D eigenvalue weighted by Crippen LogP contribution is 2.49. The van der Waals surface area contributed by atoms with Crippen molar-refractivity contribution in [2.45, 2.75) is 11.5 Å². The van der Waals surface area contributed by atoms with Crippen molar-refractivity contribution in [2.75, 3.05) is 5.32 Å². The van der Waals surface area contributed by atoms with Crippen molar-refractivity contribution in [3.63, 3.8) is 0 Å². The standard InChI is InChI=1S/C28H22N2O2/c31-27(32)25(20-12-4-1-5-13-20)28(21-14-6-2-7-15-21)26(29-22-16-8-3-9-17-22)23-18-10-11-19-24(23)30-28/h1-19,25,30H,(H,31,32). The van der Waals surface area contributed by atoms with E-state index in [2.05, 4.69) is 5.32 Å². The summed E-state index contributed by atoms with van der Waals surface area (Å²) in [5.41, 5.74) is 3.72. The Bertz CT molecular complexity index is 1270. The molecule has 1 aliphatic heterocycles. The molecule has 2 N–H and O–H groups in total. The van der Waals surface area contributed by atoms with Crippen LogP contribution in [0.3, 0.4) is 0 Å². The fourth-order valence-electron chi connectivity index (χ4n) is 4.57. The molecule has 4 aromatic carbocycles. The van der Waals surface area contributed by atoms with E-state index < -0.39 is 17.4 Å². The van der Waals surface area contributed by atoms with Gasteiger partial charge in [-0.3, -0.25) is 4.79 Å². The summed E-state index contributed by atoms with van der Waals surface area (Å²) in [4.78, 5) is 18.0. The van der Waals surface area contributed by atoms with Gasteiger partial charge < -0.3 is 10.4 Å². The van der Waals surface area contributed by atoms with Gasteiger partial charge in [-0.25, -0.2) is 4.99 Å². The van der Waals surface area contributed by atoms with Crippen LogP contribution in [0.2, 0.25) is 0 Å². The van der Waals surface area contributed by atoms with Gasteiger partial charge in [0.25, 0.3) is 0 Å². The largest absolute Gasteiger partial charge is 0.481 e. The van der Waals surface area contributed by atoms with Gasteiger partial charge in [-0.15, -0.1) is 0 Å². The van der Waals surface area contributed by atoms with Crippen molar-refractivity contribution in [2.24, 2.45) is 4.99 Å². The van der Waals surface area contributed by atoms with Crippen molar-refractivity contribution >= 4 is 23.1 Å². The van der Waals surface area contributed by atoms with Crippen molar-refractivity contribution in [1.29, 1.82) is 0 Å². The fourth-order valence-corrected chi connectivity index (χ4v) is 4.57. The van der Waals surface area contributed by atoms with Gasteiger partial charge in [-0.2, -0.15) is 0 Å². The first-order chi connectivity index (χ1) is 15.7. The maximum atomic E-state index is 12.9. The summed E-state index contributed by atoms with van der Waals surface area (Å²) in [7, 11) is 0. The number of anilines is 1. The predicted octanol–water partition coefficient (Wildman–Crippen LogP) is 6.00. The van der Waals surface area contributed by atoms with Crippen molar-refractivity contribution in [3.05, 3.63) is 132 Å². The molecule has 4 nitrogen and oxygen atoms in total. The summed E-state index contributed by atoms with van der Waals surface area (Å²) in [5.74, 6) is -1.82. The maximum Gasteiger partial charge on any atom is 0.314 e. The summed E-state index contributed by atoms with van der Waals surface area (Å²) in [5, 5.41) is 14.2. The van der Waals surface area contributed by atoms with E-state index in [4.69, 9.17) is 4.99 Å². The van der Waals surface area contributed by atoms with Crippen molar-refractivity contribution in [1.82, 2.24) is 0 Å². The number of nitrogens with one attached hydrogen (secondary N) is 1. The molecule has 5 rings (SSSR count). The van der Waals surface area contributed by atoms with Crippen LogP contribution in [0.15, 0.2) is 120 Å². The highest BCUT2D eigenvalue weighted by molar-refractivity contribution is 6.20. The summed E-state index contributed by atoms with van der Waals surface area (Å²) in [6.07, 6.45) is 0. The minimum absolute atomic E-state index is 0.696. The first-order valence-corrected chi connectivity index (χ1v) is 10.6. The highest BCUT2D eigenvalue weighted by atomic mass is 16.4. The van der Waals surface area contributed by atoms with Gasteiger partial charge in [0, 0.05) is 11.3 Å². The lowest BCUT2D eigenvalue weighted by Crippen LogP contribution is -2.48. The van der Waals surface area contributed by atoms with E-state index in [1.165, 1.54) is 0 Å². The number of para-hydroxylation sites is 2. The first kappa shape index (κ1) is 19.8. The molecule has 0 radical (unpaired) electrons. The molecule has 0 spiro atoms. The molecule has 32 heavy (non-hydrogen) atoms. The Labute approximate surface area is 186 Å². The molecule has 2 unspecified atom stereocenters. The van der Waals surface area contributed by atoms with Gasteiger partial charge in [0.1, 0.15) is 11.5 Å². The number of carboxylic acid groups (broad SMARTS) is 1. The molecule has 1 aliphatic rings. The topological polar surface area (TPSA) is 61.7 Å². The number of aliphatic imine (C=N–C) groups is 1. The maximum absolute atomic E-state index is 12.9. The van der Waals surface area contributed by atoms with Crippen LogP contribution in [0.5, 0.6) is 0 Å². The normalized spacial score (nSPS) is 19.2. The predicted molar refractivity (Wildman–Crippen MR) is 128 cm³/mol. The number of hydrogen-bond donors (Lipinski definition) is 2. The molecule has 2 atom stereocenters. The number of hydrogen-bond acceptors (Lipinski definition) is 3. The molecule has 1 heterocycles. The summed E-state index contributed by atoms with van der Waals surface area (Å²) < 4.78 is 0. The van der Waals surface area contributed by atoms with E-state index in [-0.39, 0.29) is 0 Å². The molecular weight excluding hydrogens is 396 g/mol. The van der Waals surface area contributed by atoms with Crippen LogP contribution >= 0.6 is 0 Å². The third-order valence-corrected chi connectivity index (χ3v) is 5.93. The molecule has 0 aliphatic carbocycles. The molecular formula is C28H22N2O2. The summed E-state index contributed by atoms with van der Waals surface area (Å²) >= 11 is 0. The van der Waals surface area contributed by atoms with Gasteiger partial charge in [0.2, 0.25) is 0 Å². The average Bonchev–Trinajstić information content (AvgIpc) is 3.15. The lowest BCUT2D eigenvalue weighted by molar-refractivity contribution is -0.139. The quantitative estimate of drug-likeness (QED) is 0.418. The van der Waals surface area contributed by atoms with Gasteiger partial charge in [0.15, 0.2) is 0 Å². The monoisotopic (exact) mass is 418 g/mol. The Hall–Kier alpha value is -4.18. The Morgan fingerprint density at radius 1 is 0.750 bits per heavy atom. The third-order valence-electron chi connectivity index (χ3n) is 5.93. The van der Waals surface area contributed by atoms with E-state index >= 15 is 0 Å². The molecule has 0 saturated heterocycles. The van der Waals surface area contributed by atoms with Crippen molar-refractivity contribution in [3.8, 4) is 0 Å². The van der Waals surface area contributed by atoms with Crippen LogP contribution < -0.4 is 5.32 Å². The highest BCUT2D eigenvalue weighted by Gasteiger charge is 2.54. The number of aliphatic carboxylic acids is 1. The van der Waals surface area contributed by atoms with Crippen LogP contribution in [-0.4, -0.2) is 16.8 Å². The Balaban J connectivity index is 1.85. The van der Waals surface area contributed by atoms with E-state index in [0.717, 1.165) is 22.5 Å². The second kappa shape index (κ2) is 8.16. The van der Waals surface area contributed by atoms with E-state index in [1.54, 1.807) is 0 Å². The molecule has 0 fully saturated rings. The zero-order valence-electron chi connectivity index (χ0n) is 17.3. The Morgan fingerprint density at radius 2 is 1.31 bits per heavy atom. The van der Waals surface area contributed by atoms with Crippen LogP contribution in [0, 0.1) is 0 Å². The van der Waals surface area contributed by atoms with Gasteiger partial charge in [-0.05, 0) is 29.3 Å². The molecule has 4 aromatic rings. The second-order valence-corrected chi connectivity index (χ2v) is 7.82. The smallest absolute Gasteiger partial charge is 0.314 e. The van der Waals surface area contributed by atoms with Crippen LogP contribution in [0.1, 0.15) is 22.6 Å². The number of carboxylic acids is 1. The Kier molecular flexibility index (Phi) is 5.04. The molecule has 0 aromatic heterocycles. The minimum Gasteiger partial charge on any atom is -0.481 e. The van der Waals surface area contributed by atoms with Crippen LogP contribution in [0.4, 0.5) is 11.4 Å². The molecule has 0 bridgehead atoms. The number of benzene rings is 4. The lowest BCUT2D eigenvalue weighted by Gasteiger charge is -2.37. The molecule has 4 heteroatoms. The number of nitrogens with zero attached hydrogens (tertiary/aromatic N) is 1. The zero-order chi connectivity index (χ0) is 22.0. The van der Waals surface area contributed by atoms with Gasteiger partial charge in [0.05, 0.1) is 11.4 Å². The summed E-state index contributed by atoms with van der Waals surface area (Å²) in [6, 6.07) is 36.7. The SMILES string of the molecule is O=C(O)C(c1ccccc1)C1(c2ccccc2)Nc2ccccc2C1=Nc1ccccc1. The van der Waals surface area contributed by atoms with Crippen molar-refractivity contribution < 1.29 is 9.90 Å². The lowest BCUT2D eigenvalue weighted by atomic mass is 9.71. The van der Waals surface area contributed by atoms with Gasteiger partial charge in [-0.1, -0.05) is 97.1 Å². The average molecular weight is 418 g/mol. The van der Waals surface area contributed by atoms with E-state index in [9.17, 15) is 9.90 Å². The fraction of sp³-hybridized carbons (Fsp3) is 0.0714. The van der Waals surface area contributed by atoms with Gasteiger partial charge >= 0.3 is 5.97 Å². The van der Waals surface area contributed by atoms with Crippen LogP contribution in [-0.2, 0) is 10.3 Å². The number of rotatable bonds is 5. The molecule has 0 amide bonds.